The van der Waals surface area contributed by atoms with E-state index in [-0.39, 0.29) is 11.8 Å². The van der Waals surface area contributed by atoms with Crippen LogP contribution in [0.2, 0.25) is 0 Å². The van der Waals surface area contributed by atoms with Crippen LogP contribution in [-0.2, 0) is 9.59 Å². The number of nitrogens with one attached hydrogen (secondary N) is 1. The van der Waals surface area contributed by atoms with E-state index >= 15 is 0 Å². The first-order valence-corrected chi connectivity index (χ1v) is 7.55. The van der Waals surface area contributed by atoms with Gasteiger partial charge < -0.3 is 10.2 Å². The van der Waals surface area contributed by atoms with Crippen molar-refractivity contribution in [1.82, 2.24) is 10.2 Å². The maximum Gasteiger partial charge on any atom is 0.282 e. The Morgan fingerprint density at radius 2 is 2.00 bits per heavy atom. The van der Waals surface area contributed by atoms with Gasteiger partial charge in [-0.2, -0.15) is 0 Å². The summed E-state index contributed by atoms with van der Waals surface area (Å²) in [7, 11) is 0. The Balaban J connectivity index is 2.04. The van der Waals surface area contributed by atoms with E-state index in [9.17, 15) is 14.0 Å². The summed E-state index contributed by atoms with van der Waals surface area (Å²) in [6, 6.07) is -0.601. The summed E-state index contributed by atoms with van der Waals surface area (Å²) in [4.78, 5) is 25.2. The predicted octanol–water partition coefficient (Wildman–Crippen LogP) is 2.16. The van der Waals surface area contributed by atoms with Crippen LogP contribution >= 0.6 is 0 Å². The zero-order valence-electron chi connectivity index (χ0n) is 12.0. The molecule has 0 aromatic carbocycles. The third-order valence-corrected chi connectivity index (χ3v) is 4.22. The number of hydrogen-bond acceptors (Lipinski definition) is 2. The Morgan fingerprint density at radius 1 is 1.30 bits per heavy atom. The van der Waals surface area contributed by atoms with Crippen molar-refractivity contribution in [2.24, 2.45) is 5.92 Å². The molecule has 0 unspecified atom stereocenters. The molecule has 0 spiro atoms. The minimum atomic E-state index is -0.696. The van der Waals surface area contributed by atoms with Gasteiger partial charge in [-0.25, -0.2) is 4.39 Å². The smallest absolute Gasteiger partial charge is 0.282 e. The van der Waals surface area contributed by atoms with E-state index in [2.05, 4.69) is 5.32 Å². The minimum absolute atomic E-state index is 0.170. The van der Waals surface area contributed by atoms with E-state index in [1.807, 2.05) is 0 Å². The topological polar surface area (TPSA) is 49.4 Å². The maximum atomic E-state index is 14.1. The summed E-state index contributed by atoms with van der Waals surface area (Å²) in [6.45, 7) is 2.61. The van der Waals surface area contributed by atoms with Crippen LogP contribution in [-0.4, -0.2) is 35.8 Å². The van der Waals surface area contributed by atoms with Crippen LogP contribution in [0, 0.1) is 5.92 Å². The van der Waals surface area contributed by atoms with Crippen LogP contribution < -0.4 is 5.32 Å². The fourth-order valence-electron chi connectivity index (χ4n) is 2.94. The fourth-order valence-corrected chi connectivity index (χ4v) is 2.94. The molecule has 112 valence electrons. The summed E-state index contributed by atoms with van der Waals surface area (Å²) in [5.41, 5.74) is 0. The molecule has 1 saturated heterocycles. The second kappa shape index (κ2) is 6.86. The molecule has 1 heterocycles. The zero-order valence-corrected chi connectivity index (χ0v) is 12.0. The average molecular weight is 282 g/mol. The second-order valence-corrected chi connectivity index (χ2v) is 5.73. The molecule has 0 aromatic heterocycles. The van der Waals surface area contributed by atoms with Crippen LogP contribution in [0.1, 0.15) is 45.4 Å². The molecule has 0 radical (unpaired) electrons. The molecule has 2 amide bonds. The molecule has 0 bridgehead atoms. The van der Waals surface area contributed by atoms with E-state index in [1.54, 1.807) is 6.92 Å². The molecule has 1 aliphatic carbocycles. The molecule has 1 N–H and O–H groups in total. The fraction of sp³-hybridized carbons (Fsp3) is 0.733. The number of allylic oxidation sites excluding steroid dienone is 1. The maximum absolute atomic E-state index is 14.1. The first-order chi connectivity index (χ1) is 9.59. The van der Waals surface area contributed by atoms with E-state index < -0.39 is 17.8 Å². The van der Waals surface area contributed by atoms with Gasteiger partial charge in [0, 0.05) is 13.1 Å². The molecule has 2 fully saturated rings. The number of carbonyl (C=O) groups is 2. The van der Waals surface area contributed by atoms with Gasteiger partial charge in [0.15, 0.2) is 5.83 Å². The van der Waals surface area contributed by atoms with Crippen molar-refractivity contribution >= 4 is 11.8 Å². The van der Waals surface area contributed by atoms with E-state index in [0.29, 0.717) is 19.5 Å². The third kappa shape index (κ3) is 3.58. The average Bonchev–Trinajstić information content (AvgIpc) is 2.62. The van der Waals surface area contributed by atoms with Gasteiger partial charge in [-0.3, -0.25) is 9.59 Å². The predicted molar refractivity (Wildman–Crippen MR) is 74.6 cm³/mol. The number of hydrogen-bond donors (Lipinski definition) is 1. The lowest BCUT2D eigenvalue weighted by Crippen LogP contribution is -2.45. The van der Waals surface area contributed by atoms with Gasteiger partial charge in [0.25, 0.3) is 5.91 Å². The highest BCUT2D eigenvalue weighted by molar-refractivity contribution is 5.95. The molecule has 0 aromatic rings. The number of halogens is 1. The van der Waals surface area contributed by atoms with Crippen LogP contribution in [0.25, 0.3) is 0 Å². The van der Waals surface area contributed by atoms with Crippen molar-refractivity contribution in [2.45, 2.75) is 51.5 Å². The summed E-state index contributed by atoms with van der Waals surface area (Å²) in [6.07, 6.45) is 7.45. The highest BCUT2D eigenvalue weighted by Crippen LogP contribution is 2.26. The Kier molecular flexibility index (Phi) is 5.15. The monoisotopic (exact) mass is 282 g/mol. The first-order valence-electron chi connectivity index (χ1n) is 7.55. The lowest BCUT2D eigenvalue weighted by atomic mass is 9.89. The Hall–Kier alpha value is -1.39. The minimum Gasteiger partial charge on any atom is -0.354 e. The van der Waals surface area contributed by atoms with Crippen molar-refractivity contribution < 1.29 is 14.0 Å². The lowest BCUT2D eigenvalue weighted by Gasteiger charge is -2.25. The van der Waals surface area contributed by atoms with Crippen molar-refractivity contribution in [1.29, 1.82) is 0 Å². The summed E-state index contributed by atoms with van der Waals surface area (Å²) in [5.74, 6) is -1.37. The van der Waals surface area contributed by atoms with E-state index in [1.165, 1.54) is 17.4 Å². The molecule has 2 aliphatic rings. The van der Waals surface area contributed by atoms with Crippen LogP contribution in [0.5, 0.6) is 0 Å². The lowest BCUT2D eigenvalue weighted by molar-refractivity contribution is -0.137. The van der Waals surface area contributed by atoms with Gasteiger partial charge in [-0.15, -0.1) is 0 Å². The molecule has 5 heteroatoms. The summed E-state index contributed by atoms with van der Waals surface area (Å²) in [5, 5.41) is 2.72. The molecule has 1 aliphatic heterocycles. The molecule has 4 nitrogen and oxygen atoms in total. The van der Waals surface area contributed by atoms with Gasteiger partial charge >= 0.3 is 0 Å². The Labute approximate surface area is 119 Å². The molecular weight excluding hydrogens is 259 g/mol. The SMILES string of the molecule is C[C@@H]1C(=O)NCCCN1C(=O)/C(F)=C\C1CCCCC1. The van der Waals surface area contributed by atoms with Gasteiger partial charge in [0.05, 0.1) is 0 Å². The van der Waals surface area contributed by atoms with Crippen LogP contribution in [0.15, 0.2) is 11.9 Å². The van der Waals surface area contributed by atoms with Crippen LogP contribution in [0.3, 0.4) is 0 Å². The Bertz CT molecular complexity index is 403. The quantitative estimate of drug-likeness (QED) is 0.789. The summed E-state index contributed by atoms with van der Waals surface area (Å²) < 4.78 is 14.1. The second-order valence-electron chi connectivity index (χ2n) is 5.73. The van der Waals surface area contributed by atoms with Crippen LogP contribution in [0.4, 0.5) is 4.39 Å². The van der Waals surface area contributed by atoms with Crippen molar-refractivity contribution in [3.63, 3.8) is 0 Å². The molecule has 1 saturated carbocycles. The van der Waals surface area contributed by atoms with Gasteiger partial charge in [0.1, 0.15) is 6.04 Å². The Morgan fingerprint density at radius 3 is 2.70 bits per heavy atom. The zero-order chi connectivity index (χ0) is 14.5. The summed E-state index contributed by atoms with van der Waals surface area (Å²) >= 11 is 0. The van der Waals surface area contributed by atoms with Crippen molar-refractivity contribution in [2.75, 3.05) is 13.1 Å². The molecule has 2 rings (SSSR count). The highest BCUT2D eigenvalue weighted by atomic mass is 19.1. The normalized spacial score (nSPS) is 26.1. The standard InChI is InChI=1S/C15H23FN2O2/c1-11-14(19)17-8-5-9-18(11)15(20)13(16)10-12-6-3-2-4-7-12/h10-12H,2-9H2,1H3,(H,17,19)/b13-10+/t11-/m1/s1. The number of rotatable bonds is 2. The van der Waals surface area contributed by atoms with Crippen molar-refractivity contribution in [3.05, 3.63) is 11.9 Å². The third-order valence-electron chi connectivity index (χ3n) is 4.22. The van der Waals surface area contributed by atoms with E-state index in [4.69, 9.17) is 0 Å². The van der Waals surface area contributed by atoms with E-state index in [0.717, 1.165) is 25.7 Å². The highest BCUT2D eigenvalue weighted by Gasteiger charge is 2.30. The van der Waals surface area contributed by atoms with Crippen molar-refractivity contribution in [3.8, 4) is 0 Å². The number of amides is 2. The molecule has 1 atom stereocenters. The molecule has 20 heavy (non-hydrogen) atoms. The number of nitrogens with zero attached hydrogens (tertiary/aromatic N) is 1. The number of carbonyl (C=O) groups excluding carboxylic acids is 2. The van der Waals surface area contributed by atoms with Gasteiger partial charge in [-0.1, -0.05) is 19.3 Å². The molecular formula is C15H23FN2O2. The first kappa shape index (κ1) is 15.0. The van der Waals surface area contributed by atoms with Gasteiger partial charge in [-0.05, 0) is 38.2 Å². The van der Waals surface area contributed by atoms with Gasteiger partial charge in [0.2, 0.25) is 5.91 Å². The largest absolute Gasteiger partial charge is 0.354 e.